The van der Waals surface area contributed by atoms with Crippen LogP contribution >= 0.6 is 11.6 Å². The number of rotatable bonds is 2. The van der Waals surface area contributed by atoms with Gasteiger partial charge >= 0.3 is 0 Å². The molecule has 10 heavy (non-hydrogen) atoms. The van der Waals surface area contributed by atoms with E-state index in [1.54, 1.807) is 0 Å². The van der Waals surface area contributed by atoms with E-state index in [9.17, 15) is 0 Å². The van der Waals surface area contributed by atoms with Crippen molar-refractivity contribution < 1.29 is 0 Å². The normalized spacial score (nSPS) is 24.6. The third-order valence-electron chi connectivity index (χ3n) is 1.61. The quantitative estimate of drug-likeness (QED) is 0.646. The van der Waals surface area contributed by atoms with Crippen molar-refractivity contribution in [3.63, 3.8) is 0 Å². The van der Waals surface area contributed by atoms with E-state index >= 15 is 0 Å². The van der Waals surface area contributed by atoms with Crippen LogP contribution in [0.25, 0.3) is 0 Å². The van der Waals surface area contributed by atoms with E-state index in [2.05, 4.69) is 17.5 Å². The van der Waals surface area contributed by atoms with Gasteiger partial charge in [0.05, 0.1) is 0 Å². The smallest absolute Gasteiger partial charge is 0.0363 e. The summed E-state index contributed by atoms with van der Waals surface area (Å²) in [6, 6.07) is 0. The maximum absolute atomic E-state index is 5.74. The molecule has 0 spiro atoms. The largest absolute Gasteiger partial charge is 0.319 e. The van der Waals surface area contributed by atoms with Gasteiger partial charge in [0.25, 0.3) is 0 Å². The average Bonchev–Trinajstić information content (AvgIpc) is 1.95. The van der Waals surface area contributed by atoms with E-state index < -0.39 is 0 Å². The van der Waals surface area contributed by atoms with Crippen molar-refractivity contribution in [2.45, 2.75) is 6.42 Å². The van der Waals surface area contributed by atoms with E-state index in [1.165, 1.54) is 0 Å². The van der Waals surface area contributed by atoms with Crippen LogP contribution in [0.4, 0.5) is 0 Å². The van der Waals surface area contributed by atoms with Gasteiger partial charge < -0.3 is 5.32 Å². The standard InChI is InChI=1S/C8H12ClN/c1-10-6-7-2-4-8(9)5-3-7/h2,4-5,7,10H,3,6H2,1H3. The molecule has 0 radical (unpaired) electrons. The second-order valence-electron chi connectivity index (χ2n) is 2.50. The molecule has 0 bridgehead atoms. The topological polar surface area (TPSA) is 12.0 Å². The van der Waals surface area contributed by atoms with E-state index in [1.807, 2.05) is 13.1 Å². The third kappa shape index (κ3) is 2.16. The Bertz CT molecular complexity index is 161. The molecule has 0 amide bonds. The fourth-order valence-corrected chi connectivity index (χ4v) is 1.21. The van der Waals surface area contributed by atoms with Gasteiger partial charge in [0.1, 0.15) is 0 Å². The minimum atomic E-state index is 0.632. The Hall–Kier alpha value is -0.270. The number of halogens is 1. The van der Waals surface area contributed by atoms with Crippen LogP contribution < -0.4 is 5.32 Å². The van der Waals surface area contributed by atoms with Crippen molar-refractivity contribution >= 4 is 11.6 Å². The van der Waals surface area contributed by atoms with E-state index in [0.29, 0.717) is 5.92 Å². The Morgan fingerprint density at radius 2 is 2.60 bits per heavy atom. The van der Waals surface area contributed by atoms with Crippen LogP contribution in [0.5, 0.6) is 0 Å². The predicted molar refractivity (Wildman–Crippen MR) is 45.1 cm³/mol. The highest BCUT2D eigenvalue weighted by Crippen LogP contribution is 2.17. The molecule has 0 aromatic heterocycles. The first-order valence-corrected chi connectivity index (χ1v) is 3.89. The van der Waals surface area contributed by atoms with Crippen molar-refractivity contribution in [1.29, 1.82) is 0 Å². The van der Waals surface area contributed by atoms with Crippen LogP contribution in [-0.2, 0) is 0 Å². The SMILES string of the molecule is CNCC1C=CC(Cl)=CC1. The highest BCUT2D eigenvalue weighted by atomic mass is 35.5. The summed E-state index contributed by atoms with van der Waals surface area (Å²) in [7, 11) is 1.97. The molecule has 1 atom stereocenters. The van der Waals surface area contributed by atoms with Crippen molar-refractivity contribution in [1.82, 2.24) is 5.32 Å². The number of hydrogen-bond acceptors (Lipinski definition) is 1. The lowest BCUT2D eigenvalue weighted by atomic mass is 10.0. The Labute approximate surface area is 66.8 Å². The second-order valence-corrected chi connectivity index (χ2v) is 2.94. The highest BCUT2D eigenvalue weighted by Gasteiger charge is 2.05. The molecule has 0 heterocycles. The predicted octanol–water partition coefficient (Wildman–Crippen LogP) is 1.90. The number of hydrogen-bond donors (Lipinski definition) is 1. The molecule has 2 heteroatoms. The second kappa shape index (κ2) is 3.79. The minimum Gasteiger partial charge on any atom is -0.319 e. The van der Waals surface area contributed by atoms with Gasteiger partial charge in [-0.3, -0.25) is 0 Å². The number of allylic oxidation sites excluding steroid dienone is 3. The molecule has 1 aliphatic rings. The van der Waals surface area contributed by atoms with Crippen LogP contribution in [-0.4, -0.2) is 13.6 Å². The van der Waals surface area contributed by atoms with Gasteiger partial charge in [-0.25, -0.2) is 0 Å². The zero-order chi connectivity index (χ0) is 7.40. The highest BCUT2D eigenvalue weighted by molar-refractivity contribution is 6.31. The monoisotopic (exact) mass is 157 g/mol. The first kappa shape index (κ1) is 7.83. The maximum atomic E-state index is 5.74. The van der Waals surface area contributed by atoms with Gasteiger partial charge in [0, 0.05) is 11.6 Å². The van der Waals surface area contributed by atoms with Gasteiger partial charge in [-0.1, -0.05) is 23.8 Å². The molecule has 0 fully saturated rings. The lowest BCUT2D eigenvalue weighted by Crippen LogP contribution is -2.17. The molecule has 0 aliphatic heterocycles. The van der Waals surface area contributed by atoms with E-state index in [0.717, 1.165) is 18.0 Å². The van der Waals surface area contributed by atoms with E-state index in [4.69, 9.17) is 11.6 Å². The summed E-state index contributed by atoms with van der Waals surface area (Å²) in [4.78, 5) is 0. The molecular weight excluding hydrogens is 146 g/mol. The molecule has 0 aromatic carbocycles. The minimum absolute atomic E-state index is 0.632. The molecule has 1 nitrogen and oxygen atoms in total. The fourth-order valence-electron chi connectivity index (χ4n) is 1.05. The molecule has 0 aromatic rings. The summed E-state index contributed by atoms with van der Waals surface area (Å²) >= 11 is 5.74. The van der Waals surface area contributed by atoms with Gasteiger partial charge in [-0.15, -0.1) is 0 Å². The average molecular weight is 158 g/mol. The Morgan fingerprint density at radius 3 is 3.10 bits per heavy atom. The van der Waals surface area contributed by atoms with Crippen molar-refractivity contribution in [3.8, 4) is 0 Å². The van der Waals surface area contributed by atoms with Gasteiger partial charge in [-0.2, -0.15) is 0 Å². The van der Waals surface area contributed by atoms with Gasteiger partial charge in [0.15, 0.2) is 0 Å². The fraction of sp³-hybridized carbons (Fsp3) is 0.500. The van der Waals surface area contributed by atoms with Gasteiger partial charge in [-0.05, 0) is 25.5 Å². The molecule has 1 N–H and O–H groups in total. The summed E-state index contributed by atoms with van der Waals surface area (Å²) in [6.45, 7) is 1.04. The molecule has 1 unspecified atom stereocenters. The molecule has 56 valence electrons. The Morgan fingerprint density at radius 1 is 1.80 bits per heavy atom. The van der Waals surface area contributed by atoms with Crippen LogP contribution in [0.15, 0.2) is 23.3 Å². The Kier molecular flexibility index (Phi) is 2.97. The summed E-state index contributed by atoms with van der Waals surface area (Å²) in [5, 5.41) is 4.00. The van der Waals surface area contributed by atoms with Crippen molar-refractivity contribution in [2.24, 2.45) is 5.92 Å². The first-order chi connectivity index (χ1) is 4.83. The molecule has 0 saturated heterocycles. The zero-order valence-corrected chi connectivity index (χ0v) is 6.86. The lowest BCUT2D eigenvalue weighted by molar-refractivity contribution is 0.601. The van der Waals surface area contributed by atoms with Crippen molar-refractivity contribution in [2.75, 3.05) is 13.6 Å². The number of nitrogens with one attached hydrogen (secondary N) is 1. The molecule has 0 saturated carbocycles. The Balaban J connectivity index is 2.37. The van der Waals surface area contributed by atoms with Gasteiger partial charge in [0.2, 0.25) is 0 Å². The third-order valence-corrected chi connectivity index (χ3v) is 1.89. The summed E-state index contributed by atoms with van der Waals surface area (Å²) in [5.41, 5.74) is 0. The lowest BCUT2D eigenvalue weighted by Gasteiger charge is -2.12. The molecule has 1 aliphatic carbocycles. The van der Waals surface area contributed by atoms with Crippen LogP contribution in [0, 0.1) is 5.92 Å². The summed E-state index contributed by atoms with van der Waals surface area (Å²) in [5.74, 6) is 0.632. The zero-order valence-electron chi connectivity index (χ0n) is 6.10. The summed E-state index contributed by atoms with van der Waals surface area (Å²) in [6.07, 6.45) is 7.24. The van der Waals surface area contributed by atoms with E-state index in [-0.39, 0.29) is 0 Å². The van der Waals surface area contributed by atoms with Crippen molar-refractivity contribution in [3.05, 3.63) is 23.3 Å². The molecule has 1 rings (SSSR count). The summed E-state index contributed by atoms with van der Waals surface area (Å²) < 4.78 is 0. The van der Waals surface area contributed by atoms with Crippen LogP contribution in [0.2, 0.25) is 0 Å². The van der Waals surface area contributed by atoms with Crippen LogP contribution in [0.3, 0.4) is 0 Å². The maximum Gasteiger partial charge on any atom is 0.0363 e. The van der Waals surface area contributed by atoms with Crippen LogP contribution in [0.1, 0.15) is 6.42 Å². The first-order valence-electron chi connectivity index (χ1n) is 3.51. The molecular formula is C8H12ClN.